The minimum atomic E-state index is 0.750. The monoisotopic (exact) mass is 242 g/mol. The summed E-state index contributed by atoms with van der Waals surface area (Å²) < 4.78 is 0. The summed E-state index contributed by atoms with van der Waals surface area (Å²) in [7, 11) is 3.97. The lowest BCUT2D eigenvalue weighted by molar-refractivity contribution is 1.04. The zero-order valence-corrected chi connectivity index (χ0v) is 11.0. The predicted molar refractivity (Wildman–Crippen MR) is 74.9 cm³/mol. The Hall–Kier alpha value is -2.10. The largest absolute Gasteiger partial charge is 0.378 e. The Morgan fingerprint density at radius 1 is 1.17 bits per heavy atom. The smallest absolute Gasteiger partial charge is 0.151 e. The van der Waals surface area contributed by atoms with Crippen molar-refractivity contribution in [2.75, 3.05) is 24.3 Å². The lowest BCUT2D eigenvalue weighted by Gasteiger charge is -2.16. The van der Waals surface area contributed by atoms with Crippen LogP contribution in [0.2, 0.25) is 0 Å². The van der Waals surface area contributed by atoms with Crippen molar-refractivity contribution in [2.45, 2.75) is 13.5 Å². The second-order valence-corrected chi connectivity index (χ2v) is 4.43. The van der Waals surface area contributed by atoms with Crippen LogP contribution in [0.5, 0.6) is 0 Å². The molecule has 0 bridgehead atoms. The summed E-state index contributed by atoms with van der Waals surface area (Å²) in [4.78, 5) is 10.6. The maximum Gasteiger partial charge on any atom is 0.151 e. The Balaban J connectivity index is 2.08. The summed E-state index contributed by atoms with van der Waals surface area (Å²) in [5.74, 6) is 0.942. The molecule has 0 unspecified atom stereocenters. The van der Waals surface area contributed by atoms with E-state index in [1.165, 1.54) is 0 Å². The van der Waals surface area contributed by atoms with Gasteiger partial charge in [-0.25, -0.2) is 4.98 Å². The van der Waals surface area contributed by atoms with Crippen LogP contribution in [-0.2, 0) is 6.54 Å². The van der Waals surface area contributed by atoms with Crippen LogP contribution >= 0.6 is 0 Å². The summed E-state index contributed by atoms with van der Waals surface area (Å²) >= 11 is 0. The molecule has 0 saturated heterocycles. The Morgan fingerprint density at radius 2 is 2.00 bits per heavy atom. The first kappa shape index (κ1) is 12.4. The summed E-state index contributed by atoms with van der Waals surface area (Å²) in [6.45, 7) is 2.74. The van der Waals surface area contributed by atoms with Crippen molar-refractivity contribution in [3.8, 4) is 0 Å². The first-order chi connectivity index (χ1) is 8.66. The van der Waals surface area contributed by atoms with Crippen molar-refractivity contribution in [3.63, 3.8) is 0 Å². The van der Waals surface area contributed by atoms with Gasteiger partial charge in [-0.1, -0.05) is 6.07 Å². The molecule has 2 aromatic rings. The fourth-order valence-electron chi connectivity index (χ4n) is 1.69. The molecule has 0 atom stereocenters. The molecular weight excluding hydrogens is 224 g/mol. The van der Waals surface area contributed by atoms with Crippen LogP contribution in [0.1, 0.15) is 11.3 Å². The van der Waals surface area contributed by atoms with Crippen molar-refractivity contribution in [1.82, 2.24) is 9.97 Å². The maximum atomic E-state index is 4.35. The van der Waals surface area contributed by atoms with Gasteiger partial charge in [0.2, 0.25) is 0 Å². The van der Waals surface area contributed by atoms with Crippen LogP contribution in [-0.4, -0.2) is 24.1 Å². The zero-order valence-electron chi connectivity index (χ0n) is 11.0. The molecule has 0 amide bonds. The van der Waals surface area contributed by atoms with E-state index in [0.29, 0.717) is 0 Å². The summed E-state index contributed by atoms with van der Waals surface area (Å²) in [6, 6.07) is 8.07. The van der Waals surface area contributed by atoms with Crippen LogP contribution < -0.4 is 10.2 Å². The van der Waals surface area contributed by atoms with E-state index >= 15 is 0 Å². The second-order valence-electron chi connectivity index (χ2n) is 4.43. The molecule has 0 aliphatic heterocycles. The van der Waals surface area contributed by atoms with Gasteiger partial charge in [0.15, 0.2) is 5.82 Å². The molecule has 0 spiro atoms. The zero-order chi connectivity index (χ0) is 13.0. The second kappa shape index (κ2) is 5.49. The molecule has 2 heterocycles. The highest BCUT2D eigenvalue weighted by atomic mass is 15.2. The average Bonchev–Trinajstić information content (AvgIpc) is 2.38. The molecule has 2 rings (SSSR count). The van der Waals surface area contributed by atoms with Gasteiger partial charge in [0.1, 0.15) is 0 Å². The van der Waals surface area contributed by atoms with Crippen molar-refractivity contribution >= 4 is 11.5 Å². The number of aryl methyl sites for hydroxylation is 1. The van der Waals surface area contributed by atoms with Gasteiger partial charge in [-0.15, -0.1) is 0 Å². The lowest BCUT2D eigenvalue weighted by Crippen LogP contribution is -2.13. The number of anilines is 2. The van der Waals surface area contributed by atoms with Gasteiger partial charge >= 0.3 is 0 Å². The molecule has 0 fully saturated rings. The number of hydrogen-bond donors (Lipinski definition) is 1. The van der Waals surface area contributed by atoms with Gasteiger partial charge in [-0.3, -0.25) is 4.98 Å². The quantitative estimate of drug-likeness (QED) is 0.894. The van der Waals surface area contributed by atoms with Gasteiger partial charge in [0, 0.05) is 38.7 Å². The predicted octanol–water partition coefficient (Wildman–Crippen LogP) is 2.46. The van der Waals surface area contributed by atoms with Crippen LogP contribution in [0.4, 0.5) is 11.5 Å². The summed E-state index contributed by atoms with van der Waals surface area (Å²) in [6.07, 6.45) is 3.70. The third-order valence-corrected chi connectivity index (χ3v) is 2.67. The molecule has 0 aromatic carbocycles. The van der Waals surface area contributed by atoms with Gasteiger partial charge in [0.25, 0.3) is 0 Å². The first-order valence-corrected chi connectivity index (χ1v) is 5.94. The molecule has 94 valence electrons. The molecule has 4 nitrogen and oxygen atoms in total. The van der Waals surface area contributed by atoms with Gasteiger partial charge in [-0.05, 0) is 30.7 Å². The van der Waals surface area contributed by atoms with E-state index in [0.717, 1.165) is 29.3 Å². The van der Waals surface area contributed by atoms with Gasteiger partial charge < -0.3 is 10.2 Å². The van der Waals surface area contributed by atoms with Crippen molar-refractivity contribution < 1.29 is 0 Å². The lowest BCUT2D eigenvalue weighted by atomic mass is 10.2. The van der Waals surface area contributed by atoms with E-state index in [1.807, 2.05) is 50.3 Å². The minimum absolute atomic E-state index is 0.750. The van der Waals surface area contributed by atoms with E-state index in [-0.39, 0.29) is 0 Å². The Bertz CT molecular complexity index is 505. The van der Waals surface area contributed by atoms with E-state index in [9.17, 15) is 0 Å². The molecule has 0 aliphatic rings. The van der Waals surface area contributed by atoms with Crippen molar-refractivity contribution in [2.24, 2.45) is 0 Å². The molecule has 1 N–H and O–H groups in total. The molecular formula is C14H18N4. The topological polar surface area (TPSA) is 41.1 Å². The Morgan fingerprint density at radius 3 is 2.67 bits per heavy atom. The molecule has 0 radical (unpaired) electrons. The SMILES string of the molecule is Cc1ccc(CNc2cccnc2N(C)C)cn1. The fraction of sp³-hybridized carbons (Fsp3) is 0.286. The average molecular weight is 242 g/mol. The first-order valence-electron chi connectivity index (χ1n) is 5.94. The van der Waals surface area contributed by atoms with Crippen molar-refractivity contribution in [3.05, 3.63) is 47.9 Å². The standard InChI is InChI=1S/C14H18N4/c1-11-6-7-12(9-16-11)10-17-13-5-4-8-15-14(13)18(2)3/h4-9,17H,10H2,1-3H3. The molecule has 0 aliphatic carbocycles. The third-order valence-electron chi connectivity index (χ3n) is 2.67. The molecule has 0 saturated carbocycles. The highest BCUT2D eigenvalue weighted by molar-refractivity contribution is 5.64. The number of nitrogens with one attached hydrogen (secondary N) is 1. The molecule has 18 heavy (non-hydrogen) atoms. The van der Waals surface area contributed by atoms with Crippen molar-refractivity contribution in [1.29, 1.82) is 0 Å². The van der Waals surface area contributed by atoms with Crippen LogP contribution in [0, 0.1) is 6.92 Å². The number of aromatic nitrogens is 2. The highest BCUT2D eigenvalue weighted by Gasteiger charge is 2.04. The van der Waals surface area contributed by atoms with Gasteiger partial charge in [-0.2, -0.15) is 0 Å². The third kappa shape index (κ3) is 2.97. The van der Waals surface area contributed by atoms with E-state index < -0.39 is 0 Å². The maximum absolute atomic E-state index is 4.35. The Kier molecular flexibility index (Phi) is 3.77. The normalized spacial score (nSPS) is 10.2. The van der Waals surface area contributed by atoms with E-state index in [2.05, 4.69) is 21.4 Å². The fourth-order valence-corrected chi connectivity index (χ4v) is 1.69. The number of pyridine rings is 2. The van der Waals surface area contributed by atoms with Gasteiger partial charge in [0.05, 0.1) is 5.69 Å². The Labute approximate surface area is 108 Å². The number of nitrogens with zero attached hydrogens (tertiary/aromatic N) is 3. The van der Waals surface area contributed by atoms with Crippen LogP contribution in [0.3, 0.4) is 0 Å². The van der Waals surface area contributed by atoms with Crippen LogP contribution in [0.25, 0.3) is 0 Å². The number of hydrogen-bond acceptors (Lipinski definition) is 4. The van der Waals surface area contributed by atoms with E-state index in [1.54, 1.807) is 6.20 Å². The highest BCUT2D eigenvalue weighted by Crippen LogP contribution is 2.20. The number of rotatable bonds is 4. The summed E-state index contributed by atoms with van der Waals surface area (Å²) in [5, 5.41) is 3.39. The van der Waals surface area contributed by atoms with E-state index in [4.69, 9.17) is 0 Å². The molecule has 2 aromatic heterocycles. The molecule has 4 heteroatoms. The summed E-state index contributed by atoms with van der Waals surface area (Å²) in [5.41, 5.74) is 3.23. The van der Waals surface area contributed by atoms with Crippen LogP contribution in [0.15, 0.2) is 36.7 Å². The minimum Gasteiger partial charge on any atom is -0.378 e.